The van der Waals surface area contributed by atoms with E-state index in [4.69, 9.17) is 0 Å². The number of nitrogens with zero attached hydrogens (tertiary/aromatic N) is 1. The highest BCUT2D eigenvalue weighted by Crippen LogP contribution is 2.28. The first-order valence-electron chi connectivity index (χ1n) is 7.92. The van der Waals surface area contributed by atoms with Crippen LogP contribution in [0, 0.1) is 11.6 Å². The van der Waals surface area contributed by atoms with Gasteiger partial charge >= 0.3 is 0 Å². The van der Waals surface area contributed by atoms with E-state index in [2.05, 4.69) is 9.97 Å². The highest BCUT2D eigenvalue weighted by atomic mass is 32.2. The van der Waals surface area contributed by atoms with Crippen molar-refractivity contribution in [1.82, 2.24) is 9.97 Å². The van der Waals surface area contributed by atoms with Crippen LogP contribution in [0.4, 0.5) is 14.5 Å². The van der Waals surface area contributed by atoms with Gasteiger partial charge in [0.25, 0.3) is 0 Å². The highest BCUT2D eigenvalue weighted by Gasteiger charge is 2.25. The molecule has 0 aliphatic carbocycles. The van der Waals surface area contributed by atoms with Gasteiger partial charge in [0.2, 0.25) is 15.8 Å². The number of nitrogens with one attached hydrogen (secondary N) is 2. The maximum absolute atomic E-state index is 14.8. The number of fused-ring (bicyclic) bond motifs is 1. The van der Waals surface area contributed by atoms with Crippen molar-refractivity contribution in [3.05, 3.63) is 53.4 Å². The lowest BCUT2D eigenvalue weighted by atomic mass is 10.0. The van der Waals surface area contributed by atoms with Gasteiger partial charge in [0.15, 0.2) is 5.82 Å². The number of rotatable bonds is 6. The number of sulfonamides is 1. The Kier molecular flexibility index (Phi) is 4.83. The molecule has 0 radical (unpaired) electrons. The molecule has 0 fully saturated rings. The minimum atomic E-state index is -3.83. The summed E-state index contributed by atoms with van der Waals surface area (Å²) in [6, 6.07) is 2.96. The average molecular weight is 395 g/mol. The summed E-state index contributed by atoms with van der Waals surface area (Å²) in [5.74, 6) is -3.94. The number of aromatic hydroxyl groups is 1. The molecular weight excluding hydrogens is 380 g/mol. The van der Waals surface area contributed by atoms with Crippen LogP contribution in [-0.2, 0) is 10.0 Å². The molecule has 10 heteroatoms. The standard InChI is InChI=1S/C17H15F2N3O4S/c1-2-5-27(25,26)22-13-4-3-12(18)14(15(13)19)16(24)11-8-21-17-10(11)6-9(23)7-20-17/h3-4,6-8,22-23H,2,5H2,1H3,(H,20,21). The normalized spacial score (nSPS) is 11.7. The zero-order valence-electron chi connectivity index (χ0n) is 14.1. The number of hydrogen-bond acceptors (Lipinski definition) is 5. The Labute approximate surface area is 153 Å². The predicted octanol–water partition coefficient (Wildman–Crippen LogP) is 2.93. The van der Waals surface area contributed by atoms with Gasteiger partial charge in [-0.15, -0.1) is 0 Å². The quantitative estimate of drug-likeness (QED) is 0.556. The van der Waals surface area contributed by atoms with E-state index in [1.807, 2.05) is 4.72 Å². The number of H-pyrrole nitrogens is 1. The van der Waals surface area contributed by atoms with Gasteiger partial charge in [0.1, 0.15) is 17.2 Å². The molecule has 1 aromatic carbocycles. The number of halogens is 2. The van der Waals surface area contributed by atoms with Crippen LogP contribution in [0.15, 0.2) is 30.6 Å². The summed E-state index contributed by atoms with van der Waals surface area (Å²) in [4.78, 5) is 19.3. The summed E-state index contributed by atoms with van der Waals surface area (Å²) in [7, 11) is -3.83. The van der Waals surface area contributed by atoms with E-state index in [0.717, 1.165) is 18.3 Å². The summed E-state index contributed by atoms with van der Waals surface area (Å²) < 4.78 is 54.7. The van der Waals surface area contributed by atoms with Crippen molar-refractivity contribution < 1.29 is 27.1 Å². The number of anilines is 1. The maximum atomic E-state index is 14.8. The SMILES string of the molecule is CCCS(=O)(=O)Nc1ccc(F)c(C(=O)c2c[nH]c3ncc(O)cc23)c1F. The van der Waals surface area contributed by atoms with E-state index in [1.165, 1.54) is 12.3 Å². The van der Waals surface area contributed by atoms with E-state index in [-0.39, 0.29) is 28.1 Å². The lowest BCUT2D eigenvalue weighted by Gasteiger charge is -2.11. The molecule has 0 spiro atoms. The second-order valence-electron chi connectivity index (χ2n) is 5.83. The molecule has 142 valence electrons. The zero-order valence-corrected chi connectivity index (χ0v) is 14.9. The molecule has 3 rings (SSSR count). The minimum absolute atomic E-state index is 0.111. The molecule has 0 amide bonds. The lowest BCUT2D eigenvalue weighted by molar-refractivity contribution is 0.103. The van der Waals surface area contributed by atoms with Crippen LogP contribution in [-0.4, -0.2) is 35.0 Å². The summed E-state index contributed by atoms with van der Waals surface area (Å²) in [6.45, 7) is 1.63. The number of benzene rings is 1. The third-order valence-electron chi connectivity index (χ3n) is 3.82. The molecule has 3 aromatic rings. The first-order chi connectivity index (χ1) is 12.7. The van der Waals surface area contributed by atoms with E-state index in [0.29, 0.717) is 6.42 Å². The van der Waals surface area contributed by atoms with Crippen molar-refractivity contribution in [3.63, 3.8) is 0 Å². The predicted molar refractivity (Wildman–Crippen MR) is 95.2 cm³/mol. The fourth-order valence-corrected chi connectivity index (χ4v) is 3.77. The summed E-state index contributed by atoms with van der Waals surface area (Å²) >= 11 is 0. The Hall–Kier alpha value is -3.01. The Morgan fingerprint density at radius 2 is 2.07 bits per heavy atom. The molecule has 2 heterocycles. The molecule has 0 aliphatic rings. The fraction of sp³-hybridized carbons (Fsp3) is 0.176. The van der Waals surface area contributed by atoms with Gasteiger partial charge in [0.05, 0.1) is 23.2 Å². The van der Waals surface area contributed by atoms with Crippen molar-refractivity contribution >= 4 is 32.5 Å². The number of aromatic nitrogens is 2. The lowest BCUT2D eigenvalue weighted by Crippen LogP contribution is -2.18. The monoisotopic (exact) mass is 395 g/mol. The Morgan fingerprint density at radius 1 is 1.33 bits per heavy atom. The maximum Gasteiger partial charge on any atom is 0.232 e. The molecule has 0 atom stereocenters. The minimum Gasteiger partial charge on any atom is -0.506 e. The van der Waals surface area contributed by atoms with E-state index >= 15 is 0 Å². The van der Waals surface area contributed by atoms with Gasteiger partial charge in [-0.05, 0) is 24.6 Å². The van der Waals surface area contributed by atoms with Gasteiger partial charge in [0, 0.05) is 17.1 Å². The molecule has 7 nitrogen and oxygen atoms in total. The van der Waals surface area contributed by atoms with Crippen molar-refractivity contribution in [2.45, 2.75) is 13.3 Å². The van der Waals surface area contributed by atoms with Crippen molar-refractivity contribution in [2.75, 3.05) is 10.5 Å². The molecule has 0 unspecified atom stereocenters. The van der Waals surface area contributed by atoms with E-state index in [1.54, 1.807) is 6.92 Å². The number of carbonyl (C=O) groups excluding carboxylic acids is 1. The first-order valence-corrected chi connectivity index (χ1v) is 9.58. The van der Waals surface area contributed by atoms with Crippen LogP contribution >= 0.6 is 0 Å². The van der Waals surface area contributed by atoms with Crippen molar-refractivity contribution in [1.29, 1.82) is 0 Å². The molecule has 27 heavy (non-hydrogen) atoms. The molecule has 0 saturated heterocycles. The first kappa shape index (κ1) is 18.8. The van der Waals surface area contributed by atoms with Crippen LogP contribution in [0.3, 0.4) is 0 Å². The van der Waals surface area contributed by atoms with Gasteiger partial charge in [-0.2, -0.15) is 0 Å². The average Bonchev–Trinajstić information content (AvgIpc) is 3.00. The van der Waals surface area contributed by atoms with Gasteiger partial charge < -0.3 is 10.1 Å². The van der Waals surface area contributed by atoms with Crippen LogP contribution in [0.5, 0.6) is 5.75 Å². The number of carbonyl (C=O) groups is 1. The molecule has 0 aliphatic heterocycles. The number of hydrogen-bond donors (Lipinski definition) is 3. The van der Waals surface area contributed by atoms with Crippen molar-refractivity contribution in [2.24, 2.45) is 0 Å². The van der Waals surface area contributed by atoms with E-state index < -0.39 is 38.7 Å². The third kappa shape index (κ3) is 3.61. The second-order valence-corrected chi connectivity index (χ2v) is 7.67. The third-order valence-corrected chi connectivity index (χ3v) is 5.29. The van der Waals surface area contributed by atoms with Gasteiger partial charge in [-0.3, -0.25) is 9.52 Å². The fourth-order valence-electron chi connectivity index (χ4n) is 2.64. The topological polar surface area (TPSA) is 112 Å². The molecule has 3 N–H and O–H groups in total. The van der Waals surface area contributed by atoms with Crippen LogP contribution in [0.2, 0.25) is 0 Å². The molecule has 2 aromatic heterocycles. The van der Waals surface area contributed by atoms with Crippen molar-refractivity contribution in [3.8, 4) is 5.75 Å². The van der Waals surface area contributed by atoms with Crippen LogP contribution in [0.25, 0.3) is 11.0 Å². The number of ketones is 1. The zero-order chi connectivity index (χ0) is 19.8. The van der Waals surface area contributed by atoms with E-state index in [9.17, 15) is 27.1 Å². The molecular formula is C17H15F2N3O4S. The Balaban J connectivity index is 2.09. The summed E-state index contributed by atoms with van der Waals surface area (Å²) in [6.07, 6.45) is 2.67. The second kappa shape index (κ2) is 6.95. The van der Waals surface area contributed by atoms with Gasteiger partial charge in [-0.25, -0.2) is 22.2 Å². The smallest absolute Gasteiger partial charge is 0.232 e. The Bertz CT molecular complexity index is 1140. The van der Waals surface area contributed by atoms with Crippen LogP contribution < -0.4 is 4.72 Å². The molecule has 0 bridgehead atoms. The largest absolute Gasteiger partial charge is 0.506 e. The van der Waals surface area contributed by atoms with Gasteiger partial charge in [-0.1, -0.05) is 6.92 Å². The summed E-state index contributed by atoms with van der Waals surface area (Å²) in [5, 5.41) is 9.72. The number of pyridine rings is 1. The summed E-state index contributed by atoms with van der Waals surface area (Å²) in [5.41, 5.74) is -1.29. The molecule has 0 saturated carbocycles. The number of aromatic amines is 1. The van der Waals surface area contributed by atoms with Crippen LogP contribution in [0.1, 0.15) is 29.3 Å². The highest BCUT2D eigenvalue weighted by molar-refractivity contribution is 7.92. The Morgan fingerprint density at radius 3 is 2.78 bits per heavy atom.